The zero-order valence-electron chi connectivity index (χ0n) is 13.4. The van der Waals surface area contributed by atoms with Crippen LogP contribution in [0, 0.1) is 0 Å². The predicted molar refractivity (Wildman–Crippen MR) is 98.8 cm³/mol. The Kier molecular flexibility index (Phi) is 4.46. The number of rotatable bonds is 4. The average Bonchev–Trinajstić information content (AvgIpc) is 3.11. The molecular weight excluding hydrogens is 358 g/mol. The molecule has 4 rings (SSSR count). The number of fused-ring (bicyclic) bond motifs is 2. The van der Waals surface area contributed by atoms with Gasteiger partial charge in [0.2, 0.25) is 5.91 Å². The van der Waals surface area contributed by atoms with E-state index in [1.165, 1.54) is 18.1 Å². The molecular formula is C17H15N3O3S2. The van der Waals surface area contributed by atoms with Crippen LogP contribution in [-0.2, 0) is 4.79 Å². The molecule has 3 heterocycles. The van der Waals surface area contributed by atoms with Gasteiger partial charge in [-0.05, 0) is 30.5 Å². The van der Waals surface area contributed by atoms with E-state index in [9.17, 15) is 4.79 Å². The highest BCUT2D eigenvalue weighted by atomic mass is 32.2. The fourth-order valence-electron chi connectivity index (χ4n) is 2.45. The normalized spacial score (nSPS) is 14.3. The Labute approximate surface area is 152 Å². The second-order valence-electron chi connectivity index (χ2n) is 5.43. The van der Waals surface area contributed by atoms with Gasteiger partial charge < -0.3 is 14.8 Å². The topological polar surface area (TPSA) is 73.3 Å². The average molecular weight is 373 g/mol. The van der Waals surface area contributed by atoms with E-state index in [0.29, 0.717) is 30.4 Å². The largest absolute Gasteiger partial charge is 0.486 e. The molecule has 0 fully saturated rings. The first-order valence-electron chi connectivity index (χ1n) is 7.76. The summed E-state index contributed by atoms with van der Waals surface area (Å²) in [6.07, 6.45) is 1.53. The summed E-state index contributed by atoms with van der Waals surface area (Å²) in [5.41, 5.74) is 0.685. The van der Waals surface area contributed by atoms with Gasteiger partial charge in [-0.15, -0.1) is 11.3 Å². The first-order chi connectivity index (χ1) is 12.2. The van der Waals surface area contributed by atoms with E-state index in [2.05, 4.69) is 15.3 Å². The van der Waals surface area contributed by atoms with Gasteiger partial charge in [0.25, 0.3) is 0 Å². The molecule has 3 aromatic rings. The van der Waals surface area contributed by atoms with Crippen LogP contribution in [0.2, 0.25) is 0 Å². The quantitative estimate of drug-likeness (QED) is 0.557. The summed E-state index contributed by atoms with van der Waals surface area (Å²) in [6.45, 7) is 2.92. The van der Waals surface area contributed by atoms with Gasteiger partial charge >= 0.3 is 0 Å². The summed E-state index contributed by atoms with van der Waals surface area (Å²) in [5.74, 6) is 1.26. The van der Waals surface area contributed by atoms with Gasteiger partial charge in [0.05, 0.1) is 5.25 Å². The maximum absolute atomic E-state index is 12.5. The Morgan fingerprint density at radius 2 is 2.08 bits per heavy atom. The number of thioether (sulfide) groups is 1. The molecule has 2 aromatic heterocycles. The van der Waals surface area contributed by atoms with Gasteiger partial charge in [-0.2, -0.15) is 0 Å². The molecule has 0 saturated carbocycles. The fraction of sp³-hybridized carbons (Fsp3) is 0.235. The number of hydrogen-bond acceptors (Lipinski definition) is 7. The van der Waals surface area contributed by atoms with Crippen molar-refractivity contribution < 1.29 is 14.3 Å². The van der Waals surface area contributed by atoms with Crippen molar-refractivity contribution in [3.05, 3.63) is 36.0 Å². The van der Waals surface area contributed by atoms with Gasteiger partial charge in [0.1, 0.15) is 29.4 Å². The highest BCUT2D eigenvalue weighted by Gasteiger charge is 2.19. The number of thiophene rings is 1. The minimum Gasteiger partial charge on any atom is -0.486 e. The molecule has 25 heavy (non-hydrogen) atoms. The second-order valence-corrected chi connectivity index (χ2v) is 7.65. The van der Waals surface area contributed by atoms with E-state index < -0.39 is 0 Å². The van der Waals surface area contributed by atoms with Crippen molar-refractivity contribution in [3.8, 4) is 11.5 Å². The third-order valence-electron chi connectivity index (χ3n) is 3.69. The van der Waals surface area contributed by atoms with E-state index in [1.54, 1.807) is 23.5 Å². The van der Waals surface area contributed by atoms with Crippen LogP contribution in [0.25, 0.3) is 10.2 Å². The number of carbonyl (C=O) groups is 1. The van der Waals surface area contributed by atoms with Crippen LogP contribution in [0.15, 0.2) is 41.0 Å². The minimum absolute atomic E-state index is 0.0938. The van der Waals surface area contributed by atoms with Crippen LogP contribution in [0.5, 0.6) is 11.5 Å². The van der Waals surface area contributed by atoms with Gasteiger partial charge in [0.15, 0.2) is 11.5 Å². The number of carbonyl (C=O) groups excluding carboxylic acids is 1. The summed E-state index contributed by atoms with van der Waals surface area (Å²) < 4.78 is 11.0. The highest BCUT2D eigenvalue weighted by molar-refractivity contribution is 8.00. The molecule has 128 valence electrons. The summed E-state index contributed by atoms with van der Waals surface area (Å²) in [5, 5.41) is 6.39. The van der Waals surface area contributed by atoms with Gasteiger partial charge in [-0.1, -0.05) is 11.8 Å². The number of aromatic nitrogens is 2. The number of nitrogens with one attached hydrogen (secondary N) is 1. The monoisotopic (exact) mass is 373 g/mol. The number of nitrogens with zero attached hydrogens (tertiary/aromatic N) is 2. The van der Waals surface area contributed by atoms with Crippen LogP contribution in [0.4, 0.5) is 5.69 Å². The van der Waals surface area contributed by atoms with Crippen LogP contribution in [0.3, 0.4) is 0 Å². The van der Waals surface area contributed by atoms with Crippen LogP contribution in [-0.4, -0.2) is 34.3 Å². The molecule has 1 amide bonds. The van der Waals surface area contributed by atoms with Crippen LogP contribution >= 0.6 is 23.1 Å². The van der Waals surface area contributed by atoms with Crippen molar-refractivity contribution >= 4 is 44.9 Å². The highest BCUT2D eigenvalue weighted by Crippen LogP contribution is 2.34. The van der Waals surface area contributed by atoms with Crippen LogP contribution in [0.1, 0.15) is 6.92 Å². The van der Waals surface area contributed by atoms with Gasteiger partial charge in [-0.25, -0.2) is 9.97 Å². The molecule has 1 aliphatic rings. The first-order valence-corrected chi connectivity index (χ1v) is 9.52. The molecule has 1 aromatic carbocycles. The minimum atomic E-state index is -0.300. The zero-order valence-corrected chi connectivity index (χ0v) is 15.0. The molecule has 0 aliphatic carbocycles. The van der Waals surface area contributed by atoms with E-state index in [0.717, 1.165) is 15.2 Å². The number of ether oxygens (including phenoxy) is 2. The maximum atomic E-state index is 12.5. The van der Waals surface area contributed by atoms with Crippen molar-refractivity contribution in [2.45, 2.75) is 17.2 Å². The zero-order chi connectivity index (χ0) is 17.2. The molecule has 6 nitrogen and oxygen atoms in total. The van der Waals surface area contributed by atoms with Crippen molar-refractivity contribution in [3.63, 3.8) is 0 Å². The van der Waals surface area contributed by atoms with Gasteiger partial charge in [0, 0.05) is 17.1 Å². The SMILES string of the molecule is CC(Sc1ncnc2sccc12)C(=O)Nc1ccc2c(c1)OCCO2. The Morgan fingerprint density at radius 3 is 2.96 bits per heavy atom. The van der Waals surface area contributed by atoms with Gasteiger partial charge in [-0.3, -0.25) is 4.79 Å². The van der Waals surface area contributed by atoms with Crippen molar-refractivity contribution in [1.29, 1.82) is 0 Å². The number of anilines is 1. The second kappa shape index (κ2) is 6.89. The summed E-state index contributed by atoms with van der Waals surface area (Å²) in [7, 11) is 0. The smallest absolute Gasteiger partial charge is 0.237 e. The molecule has 1 N–H and O–H groups in total. The lowest BCUT2D eigenvalue weighted by Gasteiger charge is -2.19. The number of hydrogen-bond donors (Lipinski definition) is 1. The molecule has 1 atom stereocenters. The number of amides is 1. The molecule has 0 saturated heterocycles. The van der Waals surface area contributed by atoms with E-state index in [-0.39, 0.29) is 11.2 Å². The Morgan fingerprint density at radius 1 is 1.24 bits per heavy atom. The predicted octanol–water partition coefficient (Wildman–Crippen LogP) is 3.58. The lowest BCUT2D eigenvalue weighted by Crippen LogP contribution is -2.23. The van der Waals surface area contributed by atoms with E-state index in [4.69, 9.17) is 9.47 Å². The maximum Gasteiger partial charge on any atom is 0.237 e. The van der Waals surface area contributed by atoms with Crippen molar-refractivity contribution in [2.24, 2.45) is 0 Å². The summed E-state index contributed by atoms with van der Waals surface area (Å²) in [6, 6.07) is 7.38. The Balaban J connectivity index is 1.46. The molecule has 1 aliphatic heterocycles. The molecule has 0 spiro atoms. The molecule has 1 unspecified atom stereocenters. The molecule has 0 bridgehead atoms. The molecule has 0 radical (unpaired) electrons. The summed E-state index contributed by atoms with van der Waals surface area (Å²) in [4.78, 5) is 22.0. The molecule has 8 heteroatoms. The lowest BCUT2D eigenvalue weighted by molar-refractivity contribution is -0.115. The van der Waals surface area contributed by atoms with E-state index in [1.807, 2.05) is 24.4 Å². The third-order valence-corrected chi connectivity index (χ3v) is 5.63. The Bertz CT molecular complexity index is 928. The van der Waals surface area contributed by atoms with Crippen LogP contribution < -0.4 is 14.8 Å². The lowest BCUT2D eigenvalue weighted by atomic mass is 10.2. The number of benzene rings is 1. The standard InChI is InChI=1S/C17H15N3O3S2/c1-10(25-17-12-4-7-24-16(12)18-9-19-17)15(21)20-11-2-3-13-14(8-11)23-6-5-22-13/h2-4,7-10H,5-6H2,1H3,(H,20,21). The fourth-order valence-corrected chi connectivity index (χ4v) is 4.15. The van der Waals surface area contributed by atoms with Crippen molar-refractivity contribution in [2.75, 3.05) is 18.5 Å². The van der Waals surface area contributed by atoms with E-state index >= 15 is 0 Å². The Hall–Kier alpha value is -2.32. The third kappa shape index (κ3) is 3.40. The summed E-state index contributed by atoms with van der Waals surface area (Å²) >= 11 is 2.98. The first kappa shape index (κ1) is 16.2. The van der Waals surface area contributed by atoms with Crippen molar-refractivity contribution in [1.82, 2.24) is 9.97 Å².